The van der Waals surface area contributed by atoms with E-state index >= 15 is 0 Å². The van der Waals surface area contributed by atoms with Gasteiger partial charge in [0, 0.05) is 0 Å². The summed E-state index contributed by atoms with van der Waals surface area (Å²) in [6, 6.07) is 7.38. The fraction of sp³-hybridized carbons (Fsp3) is 0.188. The normalized spacial score (nSPS) is 13.2. The van der Waals surface area contributed by atoms with E-state index in [0.29, 0.717) is 33.6 Å². The van der Waals surface area contributed by atoms with Crippen LogP contribution in [0, 0.1) is 6.92 Å². The van der Waals surface area contributed by atoms with Crippen LogP contribution in [0.4, 0.5) is 5.88 Å². The van der Waals surface area contributed by atoms with Gasteiger partial charge >= 0.3 is 0 Å². The minimum Gasteiger partial charge on any atom is -0.454 e. The first-order valence-corrected chi connectivity index (χ1v) is 10.7. The van der Waals surface area contributed by atoms with Crippen LogP contribution in [-0.2, 0) is 16.4 Å². The lowest BCUT2D eigenvalue weighted by Crippen LogP contribution is -2.13. The quantitative estimate of drug-likeness (QED) is 0.625. The number of halogens is 1. The highest BCUT2D eigenvalue weighted by atomic mass is 79.9. The average Bonchev–Trinajstić information content (AvgIpc) is 3.32. The van der Waals surface area contributed by atoms with Gasteiger partial charge < -0.3 is 14.0 Å². The maximum Gasteiger partial charge on any atom is 0.274 e. The molecule has 3 aromatic rings. The second-order valence-corrected chi connectivity index (χ2v) is 9.20. The van der Waals surface area contributed by atoms with E-state index in [2.05, 4.69) is 25.8 Å². The zero-order valence-electron chi connectivity index (χ0n) is 13.5. The number of thiophene rings is 1. The molecule has 0 radical (unpaired) electrons. The molecule has 26 heavy (non-hydrogen) atoms. The Labute approximate surface area is 162 Å². The fourth-order valence-electron chi connectivity index (χ4n) is 2.55. The summed E-state index contributed by atoms with van der Waals surface area (Å²) < 4.78 is 44.4. The summed E-state index contributed by atoms with van der Waals surface area (Å²) in [6.07, 6.45) is 0.451. The molecule has 0 spiro atoms. The topological polar surface area (TPSA) is 90.7 Å². The third-order valence-electron chi connectivity index (χ3n) is 3.80. The Hall–Kier alpha value is -2.04. The van der Waals surface area contributed by atoms with Gasteiger partial charge in [-0.05, 0) is 64.0 Å². The molecule has 0 amide bonds. The number of rotatable bonds is 5. The molecule has 3 heterocycles. The van der Waals surface area contributed by atoms with Gasteiger partial charge in [-0.25, -0.2) is 13.1 Å². The molecule has 0 saturated carbocycles. The van der Waals surface area contributed by atoms with Crippen molar-refractivity contribution in [1.82, 2.24) is 5.16 Å². The molecule has 0 bridgehead atoms. The van der Waals surface area contributed by atoms with Crippen molar-refractivity contribution in [3.05, 3.63) is 50.9 Å². The second kappa shape index (κ2) is 6.60. The minimum absolute atomic E-state index is 0.0601. The first-order chi connectivity index (χ1) is 12.4. The van der Waals surface area contributed by atoms with Crippen LogP contribution in [0.3, 0.4) is 0 Å². The van der Waals surface area contributed by atoms with Crippen LogP contribution in [0.1, 0.15) is 16.8 Å². The number of nitrogens with one attached hydrogen (secondary N) is 1. The summed E-state index contributed by atoms with van der Waals surface area (Å²) in [7, 11) is -3.79. The highest BCUT2D eigenvalue weighted by Gasteiger charge is 2.24. The lowest BCUT2D eigenvalue weighted by molar-refractivity contribution is 0.174. The minimum atomic E-state index is -3.79. The van der Waals surface area contributed by atoms with Crippen LogP contribution < -0.4 is 14.2 Å². The van der Waals surface area contributed by atoms with Crippen molar-refractivity contribution < 1.29 is 22.4 Å². The summed E-state index contributed by atoms with van der Waals surface area (Å²) in [4.78, 5) is 0. The van der Waals surface area contributed by atoms with Crippen molar-refractivity contribution in [1.29, 1.82) is 0 Å². The lowest BCUT2D eigenvalue weighted by Gasteiger charge is -2.07. The van der Waals surface area contributed by atoms with E-state index in [1.165, 1.54) is 0 Å². The number of hydrogen-bond acceptors (Lipinski definition) is 7. The van der Waals surface area contributed by atoms with Crippen LogP contribution >= 0.6 is 27.3 Å². The van der Waals surface area contributed by atoms with Gasteiger partial charge in [-0.1, -0.05) is 11.2 Å². The van der Waals surface area contributed by atoms with Crippen molar-refractivity contribution in [2.45, 2.75) is 17.6 Å². The van der Waals surface area contributed by atoms with Gasteiger partial charge in [0.25, 0.3) is 15.9 Å². The van der Waals surface area contributed by atoms with Crippen LogP contribution in [-0.4, -0.2) is 20.4 Å². The Morgan fingerprint density at radius 2 is 2.08 bits per heavy atom. The first kappa shape index (κ1) is 17.4. The van der Waals surface area contributed by atoms with Crippen molar-refractivity contribution >= 4 is 43.2 Å². The molecule has 10 heteroatoms. The van der Waals surface area contributed by atoms with E-state index < -0.39 is 10.0 Å². The number of ether oxygens (including phenoxy) is 2. The Bertz CT molecular complexity index is 1070. The third-order valence-corrected chi connectivity index (χ3v) is 7.63. The lowest BCUT2D eigenvalue weighted by atomic mass is 10.1. The molecule has 1 aromatic carbocycles. The summed E-state index contributed by atoms with van der Waals surface area (Å²) in [5.74, 6) is 1.42. The number of aryl methyl sites for hydroxylation is 1. The van der Waals surface area contributed by atoms with E-state index in [0.717, 1.165) is 16.9 Å². The number of sulfonamides is 1. The van der Waals surface area contributed by atoms with Gasteiger partial charge in [-0.15, -0.1) is 11.3 Å². The maximum atomic E-state index is 12.8. The number of anilines is 1. The standard InChI is InChI=1S/C16H13BrN2O5S2/c1-9-14(17)15(24-18-9)19-26(20,21)16-11(4-5-25-16)6-10-2-3-12-13(7-10)23-8-22-12/h2-5,7,19H,6,8H2,1H3. The van der Waals surface area contributed by atoms with E-state index in [1.54, 1.807) is 18.4 Å². The molecule has 1 aliphatic rings. The molecule has 0 unspecified atom stereocenters. The third kappa shape index (κ3) is 3.19. The Morgan fingerprint density at radius 3 is 2.85 bits per heavy atom. The molecule has 0 aliphatic carbocycles. The van der Waals surface area contributed by atoms with Crippen molar-refractivity contribution in [2.75, 3.05) is 11.5 Å². The van der Waals surface area contributed by atoms with Gasteiger partial charge in [-0.3, -0.25) is 0 Å². The van der Waals surface area contributed by atoms with Crippen LogP contribution in [0.15, 0.2) is 42.9 Å². The van der Waals surface area contributed by atoms with Gasteiger partial charge in [-0.2, -0.15) is 0 Å². The molecule has 0 atom stereocenters. The number of aromatic nitrogens is 1. The Kier molecular flexibility index (Phi) is 4.41. The second-order valence-electron chi connectivity index (χ2n) is 5.61. The summed E-state index contributed by atoms with van der Waals surface area (Å²) in [6.45, 7) is 1.91. The van der Waals surface area contributed by atoms with E-state index in [1.807, 2.05) is 18.2 Å². The molecule has 1 N–H and O–H groups in total. The highest BCUT2D eigenvalue weighted by molar-refractivity contribution is 9.10. The average molecular weight is 457 g/mol. The smallest absolute Gasteiger partial charge is 0.274 e. The van der Waals surface area contributed by atoms with Crippen LogP contribution in [0.2, 0.25) is 0 Å². The zero-order valence-corrected chi connectivity index (χ0v) is 16.7. The molecule has 136 valence electrons. The largest absolute Gasteiger partial charge is 0.454 e. The molecule has 2 aromatic heterocycles. The number of fused-ring (bicyclic) bond motifs is 1. The van der Waals surface area contributed by atoms with E-state index in [-0.39, 0.29) is 16.9 Å². The number of hydrogen-bond donors (Lipinski definition) is 1. The molecule has 4 rings (SSSR count). The predicted molar refractivity (Wildman–Crippen MR) is 99.4 cm³/mol. The Balaban J connectivity index is 1.61. The monoisotopic (exact) mass is 456 g/mol. The summed E-state index contributed by atoms with van der Waals surface area (Å²) >= 11 is 4.41. The number of nitrogens with zero attached hydrogens (tertiary/aromatic N) is 1. The maximum absolute atomic E-state index is 12.8. The SMILES string of the molecule is Cc1noc(NS(=O)(=O)c2sccc2Cc2ccc3c(c2)OCO3)c1Br. The van der Waals surface area contributed by atoms with Gasteiger partial charge in [0.1, 0.15) is 8.68 Å². The first-order valence-electron chi connectivity index (χ1n) is 7.53. The summed E-state index contributed by atoms with van der Waals surface area (Å²) in [5.41, 5.74) is 2.18. The Morgan fingerprint density at radius 1 is 1.27 bits per heavy atom. The highest BCUT2D eigenvalue weighted by Crippen LogP contribution is 2.35. The van der Waals surface area contributed by atoms with Crippen LogP contribution in [0.25, 0.3) is 0 Å². The van der Waals surface area contributed by atoms with Crippen molar-refractivity contribution in [2.24, 2.45) is 0 Å². The molecule has 0 fully saturated rings. The molecule has 1 aliphatic heterocycles. The number of benzene rings is 1. The summed E-state index contributed by atoms with van der Waals surface area (Å²) in [5, 5.41) is 5.48. The van der Waals surface area contributed by atoms with Gasteiger partial charge in [0.05, 0.1) is 5.69 Å². The van der Waals surface area contributed by atoms with Gasteiger partial charge in [0.2, 0.25) is 6.79 Å². The van der Waals surface area contributed by atoms with Crippen LogP contribution in [0.5, 0.6) is 11.5 Å². The van der Waals surface area contributed by atoms with Crippen molar-refractivity contribution in [3.8, 4) is 11.5 Å². The predicted octanol–water partition coefficient (Wildman–Crippen LogP) is 3.93. The molecular formula is C16H13BrN2O5S2. The molecule has 7 nitrogen and oxygen atoms in total. The molecular weight excluding hydrogens is 444 g/mol. The zero-order chi connectivity index (χ0) is 18.3. The fourth-order valence-corrected chi connectivity index (χ4v) is 5.33. The van der Waals surface area contributed by atoms with E-state index in [4.69, 9.17) is 14.0 Å². The van der Waals surface area contributed by atoms with Crippen molar-refractivity contribution in [3.63, 3.8) is 0 Å². The van der Waals surface area contributed by atoms with Gasteiger partial charge in [0.15, 0.2) is 11.5 Å². The molecule has 0 saturated heterocycles. The van der Waals surface area contributed by atoms with E-state index in [9.17, 15) is 8.42 Å².